The van der Waals surface area contributed by atoms with Gasteiger partial charge < -0.3 is 20.3 Å². The molecule has 3 amide bonds. The molecule has 0 aromatic heterocycles. The number of carbonyl (C=O) groups is 4. The van der Waals surface area contributed by atoms with Crippen molar-refractivity contribution in [3.05, 3.63) is 0 Å². The molecular weight excluding hydrogens is 521 g/mol. The fraction of sp³-hybridized carbons (Fsp3) is 0.833. The number of Topliss-reactive ketones (excluding diaryl/α,β-unsaturated/α-hetero) is 1. The van der Waals surface area contributed by atoms with Gasteiger partial charge in [0.25, 0.3) is 5.91 Å². The van der Waals surface area contributed by atoms with Crippen molar-refractivity contribution in [3.8, 4) is 0 Å². The van der Waals surface area contributed by atoms with E-state index < -0.39 is 66.0 Å². The molecule has 2 N–H and O–H groups in total. The lowest BCUT2D eigenvalue weighted by molar-refractivity contribution is -0.321. The van der Waals surface area contributed by atoms with E-state index in [2.05, 4.69) is 15.4 Å². The number of likely N-dealkylation sites (tertiary alicyclic amines) is 1. The molecule has 6 rings (SSSR count). The van der Waals surface area contributed by atoms with Crippen molar-refractivity contribution < 1.29 is 50.6 Å². The summed E-state index contributed by atoms with van der Waals surface area (Å²) < 4.78 is 73.9. The van der Waals surface area contributed by atoms with E-state index in [9.17, 15) is 41.1 Å². The van der Waals surface area contributed by atoms with Crippen LogP contribution < -0.4 is 10.6 Å². The number of piperidine rings is 1. The van der Waals surface area contributed by atoms with E-state index >= 15 is 0 Å². The second kappa shape index (κ2) is 8.83. The number of nitrogens with one attached hydrogen (secondary N) is 2. The van der Waals surface area contributed by atoms with Crippen LogP contribution in [0.4, 0.5) is 22.0 Å². The Morgan fingerprint density at radius 1 is 1.24 bits per heavy atom. The van der Waals surface area contributed by atoms with Crippen molar-refractivity contribution in [2.45, 2.75) is 70.0 Å². The number of alkyl halides is 5. The van der Waals surface area contributed by atoms with Crippen LogP contribution in [-0.4, -0.2) is 85.2 Å². The molecule has 4 heterocycles. The molecule has 38 heavy (non-hydrogen) atoms. The lowest BCUT2D eigenvalue weighted by atomic mass is 9.62. The molecule has 6 fully saturated rings. The van der Waals surface area contributed by atoms with Crippen LogP contribution in [0.3, 0.4) is 0 Å². The monoisotopic (exact) mass is 551 g/mol. The number of rotatable bonds is 9. The SMILES string of the molecule is CC1(C)[C@@H]2[C@@H](C(=O)NC(C[C@@H]3CCNC3=O)C(=O)COC(F)(F)F)N(C(=O)C34CC(C(F)F)(CO3)C4)C[C@@H]21. The highest BCUT2D eigenvalue weighted by molar-refractivity contribution is 5.97. The average molecular weight is 552 g/mol. The molecule has 212 valence electrons. The maximum atomic E-state index is 13.6. The van der Waals surface area contributed by atoms with Crippen LogP contribution in [0.15, 0.2) is 0 Å². The molecule has 0 spiro atoms. The van der Waals surface area contributed by atoms with Crippen LogP contribution in [-0.2, 0) is 28.7 Å². The third-order valence-corrected chi connectivity index (χ3v) is 9.27. The summed E-state index contributed by atoms with van der Waals surface area (Å²) in [5, 5.41) is 5.07. The van der Waals surface area contributed by atoms with Crippen LogP contribution in [0.25, 0.3) is 0 Å². The largest absolute Gasteiger partial charge is 0.522 e. The van der Waals surface area contributed by atoms with Crippen molar-refractivity contribution >= 4 is 23.5 Å². The second-order valence-corrected chi connectivity index (χ2v) is 11.9. The van der Waals surface area contributed by atoms with Gasteiger partial charge in [0, 0.05) is 19.0 Å². The number of amides is 3. The highest BCUT2D eigenvalue weighted by Gasteiger charge is 2.75. The number of hydrogen-bond donors (Lipinski definition) is 2. The minimum atomic E-state index is -5.06. The predicted molar refractivity (Wildman–Crippen MR) is 117 cm³/mol. The summed E-state index contributed by atoms with van der Waals surface area (Å²) in [5.41, 5.74) is -3.11. The number of nitrogens with zero attached hydrogens (tertiary/aromatic N) is 1. The van der Waals surface area contributed by atoms with E-state index in [1.54, 1.807) is 0 Å². The van der Waals surface area contributed by atoms with Gasteiger partial charge in [-0.05, 0) is 42.9 Å². The summed E-state index contributed by atoms with van der Waals surface area (Å²) in [6.07, 6.45) is -7.88. The zero-order valence-electron chi connectivity index (χ0n) is 20.9. The van der Waals surface area contributed by atoms with Gasteiger partial charge >= 0.3 is 6.36 Å². The Kier molecular flexibility index (Phi) is 6.33. The Bertz CT molecular complexity index is 1040. The van der Waals surface area contributed by atoms with Gasteiger partial charge in [-0.3, -0.25) is 23.9 Å². The molecule has 0 aromatic carbocycles. The molecule has 0 radical (unpaired) electrons. The first-order valence-electron chi connectivity index (χ1n) is 12.6. The molecule has 4 aliphatic heterocycles. The summed E-state index contributed by atoms with van der Waals surface area (Å²) in [6, 6.07) is -2.51. The molecule has 0 aromatic rings. The first kappa shape index (κ1) is 27.2. The highest BCUT2D eigenvalue weighted by Crippen LogP contribution is 2.67. The van der Waals surface area contributed by atoms with Crippen LogP contribution in [0, 0.1) is 28.6 Å². The minimum absolute atomic E-state index is 0.0525. The number of fused-ring (bicyclic) bond motifs is 2. The highest BCUT2D eigenvalue weighted by atomic mass is 19.4. The van der Waals surface area contributed by atoms with Gasteiger partial charge in [0.2, 0.25) is 18.2 Å². The van der Waals surface area contributed by atoms with Gasteiger partial charge in [-0.1, -0.05) is 13.8 Å². The summed E-state index contributed by atoms with van der Waals surface area (Å²) >= 11 is 0. The summed E-state index contributed by atoms with van der Waals surface area (Å²) in [6.45, 7) is 2.77. The maximum Gasteiger partial charge on any atom is 0.522 e. The van der Waals surface area contributed by atoms with Crippen molar-refractivity contribution in [1.29, 1.82) is 0 Å². The van der Waals surface area contributed by atoms with Gasteiger partial charge in [-0.15, -0.1) is 13.2 Å². The van der Waals surface area contributed by atoms with Crippen LogP contribution in [0.5, 0.6) is 0 Å². The van der Waals surface area contributed by atoms with Gasteiger partial charge in [-0.25, -0.2) is 8.78 Å². The Balaban J connectivity index is 1.33. The fourth-order valence-electron chi connectivity index (χ4n) is 6.99. The number of ketones is 1. The van der Waals surface area contributed by atoms with Crippen LogP contribution in [0.1, 0.15) is 39.5 Å². The number of carbonyl (C=O) groups excluding carboxylic acids is 4. The predicted octanol–water partition coefficient (Wildman–Crippen LogP) is 1.40. The van der Waals surface area contributed by atoms with Gasteiger partial charge in [-0.2, -0.15) is 0 Å². The molecule has 2 bridgehead atoms. The van der Waals surface area contributed by atoms with E-state index in [0.29, 0.717) is 13.0 Å². The van der Waals surface area contributed by atoms with E-state index in [1.807, 2.05) is 13.8 Å². The first-order valence-corrected chi connectivity index (χ1v) is 12.6. The summed E-state index contributed by atoms with van der Waals surface area (Å²) in [5.74, 6) is -3.77. The zero-order chi connectivity index (χ0) is 27.8. The Labute approximate surface area is 215 Å². The molecular formula is C24H30F5N3O6. The molecule has 6 aliphatic rings. The minimum Gasteiger partial charge on any atom is -0.364 e. The van der Waals surface area contributed by atoms with Crippen molar-refractivity contribution in [3.63, 3.8) is 0 Å². The standard InChI is InChI=1S/C24H30F5N3O6/c1-21(2)12-6-32(20(36)23-8-22(9-23,10-38-23)19(25)26)16(15(12)21)18(35)31-13(5-11-3-4-30-17(11)34)14(33)7-37-24(27,28)29/h11-13,15-16,19H,3-10H2,1-2H3,(H,30,34)(H,31,35)/t11-,12-,13?,15-,16-,22?,23?/m0/s1. The van der Waals surface area contributed by atoms with Gasteiger partial charge in [0.15, 0.2) is 5.78 Å². The zero-order valence-corrected chi connectivity index (χ0v) is 20.9. The molecule has 2 aliphatic carbocycles. The quantitative estimate of drug-likeness (QED) is 0.419. The summed E-state index contributed by atoms with van der Waals surface area (Å²) in [4.78, 5) is 53.2. The molecule has 5 atom stereocenters. The lowest BCUT2D eigenvalue weighted by Gasteiger charge is -2.45. The Morgan fingerprint density at radius 3 is 2.47 bits per heavy atom. The smallest absolute Gasteiger partial charge is 0.364 e. The Hall–Kier alpha value is -2.35. The van der Waals surface area contributed by atoms with Crippen molar-refractivity contribution in [2.24, 2.45) is 28.6 Å². The topological polar surface area (TPSA) is 114 Å². The van der Waals surface area contributed by atoms with Crippen LogP contribution in [0.2, 0.25) is 0 Å². The first-order chi connectivity index (χ1) is 17.6. The molecule has 4 saturated heterocycles. The fourth-order valence-corrected chi connectivity index (χ4v) is 6.99. The van der Waals surface area contributed by atoms with E-state index in [0.717, 1.165) is 0 Å². The second-order valence-electron chi connectivity index (χ2n) is 11.9. The molecule has 14 heteroatoms. The number of hydrogen-bond acceptors (Lipinski definition) is 6. The van der Waals surface area contributed by atoms with Crippen molar-refractivity contribution in [2.75, 3.05) is 26.3 Å². The van der Waals surface area contributed by atoms with E-state index in [1.165, 1.54) is 4.90 Å². The van der Waals surface area contributed by atoms with E-state index in [4.69, 9.17) is 4.74 Å². The lowest BCUT2D eigenvalue weighted by Crippen LogP contribution is -2.62. The number of ether oxygens (including phenoxy) is 2. The van der Waals surface area contributed by atoms with Crippen molar-refractivity contribution in [1.82, 2.24) is 15.5 Å². The third kappa shape index (κ3) is 4.37. The summed E-state index contributed by atoms with van der Waals surface area (Å²) in [7, 11) is 0. The van der Waals surface area contributed by atoms with Gasteiger partial charge in [0.1, 0.15) is 18.2 Å². The van der Waals surface area contributed by atoms with E-state index in [-0.39, 0.29) is 55.6 Å². The van der Waals surface area contributed by atoms with Crippen LogP contribution >= 0.6 is 0 Å². The third-order valence-electron chi connectivity index (χ3n) is 9.27. The average Bonchev–Trinajstić information content (AvgIpc) is 3.40. The molecule has 2 saturated carbocycles. The Morgan fingerprint density at radius 2 is 1.92 bits per heavy atom. The molecule has 1 unspecified atom stereocenters. The number of halogens is 5. The molecule has 9 nitrogen and oxygen atoms in total. The van der Waals surface area contributed by atoms with Gasteiger partial charge in [0.05, 0.1) is 18.1 Å². The maximum absolute atomic E-state index is 13.6. The normalized spacial score (nSPS) is 37.5.